The lowest BCUT2D eigenvalue weighted by Gasteiger charge is -2.25. The van der Waals surface area contributed by atoms with Crippen molar-refractivity contribution < 1.29 is 18.7 Å². The summed E-state index contributed by atoms with van der Waals surface area (Å²) in [6.45, 7) is 1.71. The van der Waals surface area contributed by atoms with E-state index in [0.29, 0.717) is 41.2 Å². The van der Waals surface area contributed by atoms with Gasteiger partial charge < -0.3 is 14.4 Å². The van der Waals surface area contributed by atoms with Crippen LogP contribution in [0.3, 0.4) is 0 Å². The second-order valence-electron chi connectivity index (χ2n) is 7.32. The summed E-state index contributed by atoms with van der Waals surface area (Å²) in [5, 5.41) is 3.07. The monoisotopic (exact) mass is 460 g/mol. The highest BCUT2D eigenvalue weighted by atomic mass is 35.5. The van der Waals surface area contributed by atoms with Gasteiger partial charge in [-0.25, -0.2) is 9.37 Å². The van der Waals surface area contributed by atoms with Crippen molar-refractivity contribution in [3.05, 3.63) is 81.0 Å². The van der Waals surface area contributed by atoms with E-state index in [1.807, 2.05) is 6.07 Å². The number of halogens is 2. The van der Waals surface area contributed by atoms with Crippen LogP contribution in [0.15, 0.2) is 53.9 Å². The zero-order valence-corrected chi connectivity index (χ0v) is 18.4. The molecule has 1 atom stereocenters. The van der Waals surface area contributed by atoms with E-state index >= 15 is 0 Å². The summed E-state index contributed by atoms with van der Waals surface area (Å²) in [6, 6.07) is 13.4. The summed E-state index contributed by atoms with van der Waals surface area (Å²) in [4.78, 5) is 19.4. The molecule has 0 radical (unpaired) electrons. The highest BCUT2D eigenvalue weighted by molar-refractivity contribution is 7.09. The van der Waals surface area contributed by atoms with Gasteiger partial charge in [0.25, 0.3) is 5.91 Å². The fourth-order valence-electron chi connectivity index (χ4n) is 3.42. The third kappa shape index (κ3) is 6.03. The average Bonchev–Trinajstić information content (AvgIpc) is 3.45. The zero-order chi connectivity index (χ0) is 21.6. The van der Waals surface area contributed by atoms with Crippen LogP contribution in [-0.4, -0.2) is 35.0 Å². The Morgan fingerprint density at radius 3 is 2.87 bits per heavy atom. The number of thiazole rings is 1. The molecule has 1 aromatic heterocycles. The molecular formula is C23H22ClFN2O3S. The number of hydrogen-bond donors (Lipinski definition) is 0. The summed E-state index contributed by atoms with van der Waals surface area (Å²) in [5.41, 5.74) is 1.09. The first kappa shape index (κ1) is 21.7. The maximum absolute atomic E-state index is 13.6. The van der Waals surface area contributed by atoms with Crippen LogP contribution in [0.4, 0.5) is 4.39 Å². The Balaban J connectivity index is 1.44. The predicted octanol–water partition coefficient (Wildman–Crippen LogP) is 5.34. The van der Waals surface area contributed by atoms with E-state index in [9.17, 15) is 9.18 Å². The van der Waals surface area contributed by atoms with Gasteiger partial charge in [0, 0.05) is 30.1 Å². The van der Waals surface area contributed by atoms with Crippen molar-refractivity contribution in [1.82, 2.24) is 9.88 Å². The van der Waals surface area contributed by atoms with Crippen LogP contribution in [0.1, 0.15) is 33.9 Å². The van der Waals surface area contributed by atoms with E-state index in [-0.39, 0.29) is 24.4 Å². The molecule has 4 rings (SSSR count). The number of rotatable bonds is 8. The van der Waals surface area contributed by atoms with Crippen molar-refractivity contribution in [1.29, 1.82) is 0 Å². The van der Waals surface area contributed by atoms with Crippen molar-refractivity contribution >= 4 is 28.8 Å². The lowest BCUT2D eigenvalue weighted by molar-refractivity contribution is 0.0503. The molecular weight excluding hydrogens is 439 g/mol. The van der Waals surface area contributed by atoms with Gasteiger partial charge in [0.05, 0.1) is 6.10 Å². The van der Waals surface area contributed by atoms with Crippen LogP contribution in [-0.2, 0) is 17.9 Å². The second kappa shape index (κ2) is 10.2. The van der Waals surface area contributed by atoms with Gasteiger partial charge in [0.15, 0.2) is 0 Å². The Bertz CT molecular complexity index is 1020. The number of hydrogen-bond acceptors (Lipinski definition) is 5. The van der Waals surface area contributed by atoms with E-state index < -0.39 is 0 Å². The van der Waals surface area contributed by atoms with Gasteiger partial charge in [-0.2, -0.15) is 0 Å². The molecule has 1 amide bonds. The molecule has 3 aromatic rings. The van der Waals surface area contributed by atoms with Crippen LogP contribution < -0.4 is 4.74 Å². The molecule has 1 saturated heterocycles. The van der Waals surface area contributed by atoms with E-state index in [1.54, 1.807) is 40.6 Å². The number of aromatic nitrogens is 1. The average molecular weight is 461 g/mol. The second-order valence-corrected chi connectivity index (χ2v) is 8.70. The molecule has 1 unspecified atom stereocenters. The molecule has 0 saturated carbocycles. The molecule has 31 heavy (non-hydrogen) atoms. The predicted molar refractivity (Wildman–Crippen MR) is 118 cm³/mol. The van der Waals surface area contributed by atoms with E-state index in [1.165, 1.54) is 23.5 Å². The lowest BCUT2D eigenvalue weighted by Crippen LogP contribution is -2.37. The zero-order valence-electron chi connectivity index (χ0n) is 16.8. The Morgan fingerprint density at radius 2 is 2.13 bits per heavy atom. The van der Waals surface area contributed by atoms with Crippen LogP contribution >= 0.6 is 22.9 Å². The maximum Gasteiger partial charge on any atom is 0.273 e. The van der Waals surface area contributed by atoms with Gasteiger partial charge in [0.2, 0.25) is 0 Å². The minimum Gasteiger partial charge on any atom is -0.486 e. The fraction of sp³-hybridized carbons (Fsp3) is 0.304. The molecule has 0 aliphatic carbocycles. The summed E-state index contributed by atoms with van der Waals surface area (Å²) in [5.74, 6) is 0.157. The molecule has 162 valence electrons. The van der Waals surface area contributed by atoms with Gasteiger partial charge in [-0.05, 0) is 54.8 Å². The molecule has 8 heteroatoms. The van der Waals surface area contributed by atoms with Crippen molar-refractivity contribution in [2.24, 2.45) is 0 Å². The molecule has 5 nitrogen and oxygen atoms in total. The minimum absolute atomic E-state index is 0.0103. The van der Waals surface area contributed by atoms with Gasteiger partial charge in [-0.15, -0.1) is 11.3 Å². The number of ether oxygens (including phenoxy) is 2. The van der Waals surface area contributed by atoms with Crippen molar-refractivity contribution in [2.75, 3.05) is 13.2 Å². The number of carbonyl (C=O) groups is 1. The molecule has 0 bridgehead atoms. The maximum atomic E-state index is 13.6. The SMILES string of the molecule is O=C(c1csc(COc2ccc(Cl)cc2)n1)N(Cc1cccc(F)c1)CC1CCCO1. The van der Waals surface area contributed by atoms with Crippen LogP contribution in [0.2, 0.25) is 5.02 Å². The van der Waals surface area contributed by atoms with Crippen LogP contribution in [0.5, 0.6) is 5.75 Å². The highest BCUT2D eigenvalue weighted by Gasteiger charge is 2.25. The first-order chi connectivity index (χ1) is 15.1. The quantitative estimate of drug-likeness (QED) is 0.455. The molecule has 1 aliphatic heterocycles. The third-order valence-corrected chi connectivity index (χ3v) is 6.02. The Morgan fingerprint density at radius 1 is 1.29 bits per heavy atom. The third-order valence-electron chi connectivity index (χ3n) is 4.94. The lowest BCUT2D eigenvalue weighted by atomic mass is 10.1. The van der Waals surface area contributed by atoms with Gasteiger partial charge in [-0.1, -0.05) is 23.7 Å². The van der Waals surface area contributed by atoms with E-state index in [0.717, 1.165) is 18.4 Å². The van der Waals surface area contributed by atoms with E-state index in [2.05, 4.69) is 4.98 Å². The highest BCUT2D eigenvalue weighted by Crippen LogP contribution is 2.21. The van der Waals surface area contributed by atoms with Gasteiger partial charge >= 0.3 is 0 Å². The smallest absolute Gasteiger partial charge is 0.273 e. The largest absolute Gasteiger partial charge is 0.486 e. The van der Waals surface area contributed by atoms with Gasteiger partial charge in [0.1, 0.15) is 28.9 Å². The number of amides is 1. The standard InChI is InChI=1S/C23H22ClFN2O3S/c24-17-6-8-19(9-7-17)30-14-22-26-21(15-31-22)23(28)27(13-20-5-2-10-29-20)12-16-3-1-4-18(25)11-16/h1,3-4,6-9,11,15,20H,2,5,10,12-14H2. The fourth-order valence-corrected chi connectivity index (χ4v) is 4.23. The summed E-state index contributed by atoms with van der Waals surface area (Å²) in [6.07, 6.45) is 1.88. The first-order valence-corrected chi connectivity index (χ1v) is 11.3. The van der Waals surface area contributed by atoms with E-state index in [4.69, 9.17) is 21.1 Å². The Hall–Kier alpha value is -2.48. The first-order valence-electron chi connectivity index (χ1n) is 10.0. The molecule has 0 spiro atoms. The topological polar surface area (TPSA) is 51.7 Å². The van der Waals surface area contributed by atoms with Crippen molar-refractivity contribution in [3.63, 3.8) is 0 Å². The number of nitrogens with zero attached hydrogens (tertiary/aromatic N) is 2. The molecule has 2 aromatic carbocycles. The summed E-state index contributed by atoms with van der Waals surface area (Å²) >= 11 is 7.25. The van der Waals surface area contributed by atoms with Crippen molar-refractivity contribution in [3.8, 4) is 5.75 Å². The van der Waals surface area contributed by atoms with Crippen LogP contribution in [0, 0.1) is 5.82 Å². The normalized spacial score (nSPS) is 15.7. The Kier molecular flexibility index (Phi) is 7.17. The minimum atomic E-state index is -0.322. The summed E-state index contributed by atoms with van der Waals surface area (Å²) < 4.78 is 25.1. The number of carbonyl (C=O) groups excluding carboxylic acids is 1. The molecule has 1 aliphatic rings. The summed E-state index contributed by atoms with van der Waals surface area (Å²) in [7, 11) is 0. The Labute approximate surface area is 189 Å². The molecule has 2 heterocycles. The van der Waals surface area contributed by atoms with Gasteiger partial charge in [-0.3, -0.25) is 4.79 Å². The molecule has 0 N–H and O–H groups in total. The number of benzene rings is 2. The molecule has 1 fully saturated rings. The van der Waals surface area contributed by atoms with Crippen molar-refractivity contribution in [2.45, 2.75) is 32.1 Å². The van der Waals surface area contributed by atoms with Crippen LogP contribution in [0.25, 0.3) is 0 Å².